The maximum atomic E-state index is 13.3. The number of hydrogen-bond donors (Lipinski definition) is 1. The molecular formula is C24H19FN2O3S. The van der Waals surface area contributed by atoms with Gasteiger partial charge in [0.25, 0.3) is 5.91 Å². The van der Waals surface area contributed by atoms with E-state index in [1.165, 1.54) is 24.3 Å². The van der Waals surface area contributed by atoms with Crippen molar-refractivity contribution in [2.45, 2.75) is 11.8 Å². The molecule has 0 aliphatic rings. The van der Waals surface area contributed by atoms with Crippen molar-refractivity contribution in [3.8, 4) is 11.3 Å². The lowest BCUT2D eigenvalue weighted by Gasteiger charge is -2.13. The third kappa shape index (κ3) is 4.32. The highest BCUT2D eigenvalue weighted by Gasteiger charge is 2.16. The zero-order valence-corrected chi connectivity index (χ0v) is 17.7. The third-order valence-electron chi connectivity index (χ3n) is 4.99. The second-order valence-electron chi connectivity index (χ2n) is 7.28. The molecule has 0 saturated carbocycles. The Morgan fingerprint density at radius 1 is 0.968 bits per heavy atom. The van der Waals surface area contributed by atoms with E-state index in [2.05, 4.69) is 10.3 Å². The molecule has 0 spiro atoms. The van der Waals surface area contributed by atoms with Crippen LogP contribution in [-0.2, 0) is 9.84 Å². The second kappa shape index (κ2) is 7.92. The Morgan fingerprint density at radius 2 is 1.68 bits per heavy atom. The molecule has 1 amide bonds. The van der Waals surface area contributed by atoms with E-state index in [0.717, 1.165) is 11.8 Å². The molecule has 4 aromatic rings. The predicted molar refractivity (Wildman–Crippen MR) is 119 cm³/mol. The van der Waals surface area contributed by atoms with Gasteiger partial charge >= 0.3 is 0 Å². The molecule has 0 fully saturated rings. The van der Waals surface area contributed by atoms with Crippen LogP contribution in [-0.4, -0.2) is 25.6 Å². The molecule has 3 aromatic carbocycles. The Balaban J connectivity index is 1.80. The number of fused-ring (bicyclic) bond motifs is 1. The second-order valence-corrected chi connectivity index (χ2v) is 9.30. The molecule has 156 valence electrons. The number of aryl methyl sites for hydroxylation is 1. The number of anilines is 1. The van der Waals surface area contributed by atoms with Crippen molar-refractivity contribution >= 4 is 32.3 Å². The van der Waals surface area contributed by atoms with Gasteiger partial charge in [-0.15, -0.1) is 0 Å². The number of sulfone groups is 1. The van der Waals surface area contributed by atoms with Gasteiger partial charge in [0, 0.05) is 22.9 Å². The fraction of sp³-hybridized carbons (Fsp3) is 0.0833. The molecule has 0 saturated heterocycles. The lowest BCUT2D eigenvalue weighted by Crippen LogP contribution is -2.14. The summed E-state index contributed by atoms with van der Waals surface area (Å²) in [6.45, 7) is 1.79. The number of amides is 1. The van der Waals surface area contributed by atoms with Crippen LogP contribution in [0.15, 0.2) is 77.7 Å². The van der Waals surface area contributed by atoms with Gasteiger partial charge in [-0.3, -0.25) is 4.79 Å². The molecule has 0 bridgehead atoms. The molecule has 31 heavy (non-hydrogen) atoms. The van der Waals surface area contributed by atoms with Crippen molar-refractivity contribution in [3.63, 3.8) is 0 Å². The van der Waals surface area contributed by atoms with Gasteiger partial charge < -0.3 is 5.32 Å². The summed E-state index contributed by atoms with van der Waals surface area (Å²) < 4.78 is 37.1. The standard InChI is InChI=1S/C24H19FN2O3S/c1-15-7-12-18(31(2,29)30)13-22(15)27-24(28)20-14-23(16-8-10-17(25)11-9-16)26-21-6-4-3-5-19(20)21/h3-14H,1-2H3,(H,27,28). The Labute approximate surface area is 179 Å². The van der Waals surface area contributed by atoms with E-state index >= 15 is 0 Å². The van der Waals surface area contributed by atoms with Crippen molar-refractivity contribution in [1.29, 1.82) is 0 Å². The maximum absolute atomic E-state index is 13.3. The number of benzene rings is 3. The minimum Gasteiger partial charge on any atom is -0.322 e. The highest BCUT2D eigenvalue weighted by molar-refractivity contribution is 7.90. The average Bonchev–Trinajstić information content (AvgIpc) is 2.74. The maximum Gasteiger partial charge on any atom is 0.256 e. The molecule has 7 heteroatoms. The molecule has 5 nitrogen and oxygen atoms in total. The Bertz CT molecular complexity index is 1410. The van der Waals surface area contributed by atoms with Gasteiger partial charge in [0.15, 0.2) is 9.84 Å². The van der Waals surface area contributed by atoms with Crippen molar-refractivity contribution in [3.05, 3.63) is 89.7 Å². The molecule has 1 heterocycles. The van der Waals surface area contributed by atoms with Crippen LogP contribution >= 0.6 is 0 Å². The van der Waals surface area contributed by atoms with Crippen LogP contribution in [0.4, 0.5) is 10.1 Å². The van der Waals surface area contributed by atoms with Gasteiger partial charge in [-0.25, -0.2) is 17.8 Å². The minimum atomic E-state index is -3.42. The number of carbonyl (C=O) groups excluding carboxylic acids is 1. The summed E-state index contributed by atoms with van der Waals surface area (Å²) in [5.41, 5.74) is 3.36. The quantitative estimate of drug-likeness (QED) is 0.490. The predicted octanol–water partition coefficient (Wildman–Crippen LogP) is 5.01. The summed E-state index contributed by atoms with van der Waals surface area (Å²) in [5, 5.41) is 3.48. The summed E-state index contributed by atoms with van der Waals surface area (Å²) >= 11 is 0. The highest BCUT2D eigenvalue weighted by Crippen LogP contribution is 2.27. The summed E-state index contributed by atoms with van der Waals surface area (Å²) in [5.74, 6) is -0.751. The van der Waals surface area contributed by atoms with E-state index in [0.29, 0.717) is 33.4 Å². The van der Waals surface area contributed by atoms with Crippen LogP contribution in [0.3, 0.4) is 0 Å². The fourth-order valence-corrected chi connectivity index (χ4v) is 3.94. The SMILES string of the molecule is Cc1ccc(S(C)(=O)=O)cc1NC(=O)c1cc(-c2ccc(F)cc2)nc2ccccc12. The van der Waals surface area contributed by atoms with Gasteiger partial charge in [0.1, 0.15) is 5.82 Å². The van der Waals surface area contributed by atoms with Crippen molar-refractivity contribution in [1.82, 2.24) is 4.98 Å². The van der Waals surface area contributed by atoms with Gasteiger partial charge in [0.05, 0.1) is 21.7 Å². The van der Waals surface area contributed by atoms with E-state index < -0.39 is 15.7 Å². The Kier molecular flexibility index (Phi) is 5.29. The summed E-state index contributed by atoms with van der Waals surface area (Å²) in [7, 11) is -3.42. The molecule has 0 aliphatic carbocycles. The first kappa shape index (κ1) is 20.7. The van der Waals surface area contributed by atoms with Crippen LogP contribution in [0.5, 0.6) is 0 Å². The molecule has 0 radical (unpaired) electrons. The molecule has 0 unspecified atom stereocenters. The normalized spacial score (nSPS) is 11.5. The van der Waals surface area contributed by atoms with E-state index in [1.807, 2.05) is 12.1 Å². The fourth-order valence-electron chi connectivity index (χ4n) is 3.29. The number of pyridine rings is 1. The zero-order valence-electron chi connectivity index (χ0n) is 16.9. The van der Waals surface area contributed by atoms with Crippen molar-refractivity contribution in [2.75, 3.05) is 11.6 Å². The van der Waals surface area contributed by atoms with E-state index in [9.17, 15) is 17.6 Å². The minimum absolute atomic E-state index is 0.125. The number of halogens is 1. The van der Waals surface area contributed by atoms with Gasteiger partial charge in [0.2, 0.25) is 0 Å². The first-order valence-electron chi connectivity index (χ1n) is 9.50. The van der Waals surface area contributed by atoms with E-state index in [4.69, 9.17) is 0 Å². The van der Waals surface area contributed by atoms with Crippen molar-refractivity contribution in [2.24, 2.45) is 0 Å². The summed E-state index contributed by atoms with van der Waals surface area (Å²) in [6.07, 6.45) is 1.12. The first-order chi connectivity index (χ1) is 14.7. The lowest BCUT2D eigenvalue weighted by atomic mass is 10.0. The Morgan fingerprint density at radius 3 is 2.39 bits per heavy atom. The first-order valence-corrected chi connectivity index (χ1v) is 11.4. The monoisotopic (exact) mass is 434 g/mol. The summed E-state index contributed by atoms with van der Waals surface area (Å²) in [6, 6.07) is 19.4. The highest BCUT2D eigenvalue weighted by atomic mass is 32.2. The molecular weight excluding hydrogens is 415 g/mol. The molecule has 1 N–H and O–H groups in total. The number of carbonyl (C=O) groups is 1. The van der Waals surface area contributed by atoms with Gasteiger partial charge in [-0.1, -0.05) is 24.3 Å². The smallest absolute Gasteiger partial charge is 0.256 e. The van der Waals surface area contributed by atoms with Gasteiger partial charge in [-0.05, 0) is 61.0 Å². The van der Waals surface area contributed by atoms with E-state index in [1.54, 1.807) is 43.3 Å². The number of nitrogens with one attached hydrogen (secondary N) is 1. The largest absolute Gasteiger partial charge is 0.322 e. The third-order valence-corrected chi connectivity index (χ3v) is 6.10. The Hall–Kier alpha value is -3.58. The number of hydrogen-bond acceptors (Lipinski definition) is 4. The van der Waals surface area contributed by atoms with Crippen LogP contribution in [0.2, 0.25) is 0 Å². The van der Waals surface area contributed by atoms with Gasteiger partial charge in [-0.2, -0.15) is 0 Å². The molecule has 4 rings (SSSR count). The molecule has 0 aliphatic heterocycles. The van der Waals surface area contributed by atoms with Crippen LogP contribution in [0, 0.1) is 12.7 Å². The zero-order chi connectivity index (χ0) is 22.2. The van der Waals surface area contributed by atoms with Crippen molar-refractivity contribution < 1.29 is 17.6 Å². The summed E-state index contributed by atoms with van der Waals surface area (Å²) in [4.78, 5) is 18.0. The number of aromatic nitrogens is 1. The van der Waals surface area contributed by atoms with E-state index in [-0.39, 0.29) is 10.7 Å². The molecule has 1 aromatic heterocycles. The van der Waals surface area contributed by atoms with Crippen LogP contribution in [0.1, 0.15) is 15.9 Å². The number of rotatable bonds is 4. The van der Waals surface area contributed by atoms with Crippen LogP contribution in [0.25, 0.3) is 22.2 Å². The average molecular weight is 434 g/mol. The number of nitrogens with zero attached hydrogens (tertiary/aromatic N) is 1. The van der Waals surface area contributed by atoms with Crippen LogP contribution < -0.4 is 5.32 Å². The number of para-hydroxylation sites is 1. The lowest BCUT2D eigenvalue weighted by molar-refractivity contribution is 0.102. The topological polar surface area (TPSA) is 76.1 Å². The molecule has 0 atom stereocenters.